The van der Waals surface area contributed by atoms with Crippen molar-refractivity contribution < 1.29 is 28.7 Å². The Morgan fingerprint density at radius 1 is 0.611 bits per heavy atom. The van der Waals surface area contributed by atoms with Gasteiger partial charge in [-0.1, -0.05) is 73.7 Å². The summed E-state index contributed by atoms with van der Waals surface area (Å²) in [5.74, 6) is 11.7. The van der Waals surface area contributed by atoms with E-state index in [1.807, 2.05) is 48.5 Å². The van der Waals surface area contributed by atoms with Crippen molar-refractivity contribution in [2.75, 3.05) is 52.4 Å². The number of carbonyl (C=O) groups excluding carboxylic acids is 4. The highest BCUT2D eigenvalue weighted by Crippen LogP contribution is 2.15. The van der Waals surface area contributed by atoms with E-state index in [0.29, 0.717) is 65.2 Å². The molecule has 0 atom stereocenters. The Hall–Kier alpha value is -5.44. The van der Waals surface area contributed by atoms with Crippen LogP contribution < -0.4 is 22.1 Å². The molecule has 54 heavy (non-hydrogen) atoms. The lowest BCUT2D eigenvalue weighted by Gasteiger charge is -2.36. The molecule has 0 bridgehead atoms. The molecule has 14 nitrogen and oxygen atoms in total. The van der Waals surface area contributed by atoms with Crippen molar-refractivity contribution in [2.24, 2.45) is 11.5 Å². The van der Waals surface area contributed by atoms with Crippen LogP contribution in [0.4, 0.5) is 19.2 Å². The molecule has 0 radical (unpaired) electrons. The van der Waals surface area contributed by atoms with E-state index in [2.05, 4.69) is 41.2 Å². The van der Waals surface area contributed by atoms with Crippen molar-refractivity contribution in [1.29, 1.82) is 0 Å². The normalized spacial score (nSPS) is 14.0. The van der Waals surface area contributed by atoms with Gasteiger partial charge in [-0.15, -0.1) is 0 Å². The third-order valence-electron chi connectivity index (χ3n) is 9.16. The second-order valence-electron chi connectivity index (χ2n) is 13.1. The van der Waals surface area contributed by atoms with Crippen LogP contribution in [-0.4, -0.2) is 102 Å². The predicted octanol–water partition coefficient (Wildman–Crippen LogP) is 3.93. The summed E-state index contributed by atoms with van der Waals surface area (Å²) in [4.78, 5) is 58.4. The van der Waals surface area contributed by atoms with Crippen LogP contribution in [0.1, 0.15) is 67.7 Å². The Kier molecular flexibility index (Phi) is 17.3. The third kappa shape index (κ3) is 13.8. The molecule has 2 fully saturated rings. The summed E-state index contributed by atoms with van der Waals surface area (Å²) in [5, 5.41) is 5.84. The lowest BCUT2D eigenvalue weighted by Crippen LogP contribution is -2.54. The molecule has 0 aliphatic carbocycles. The van der Waals surface area contributed by atoms with Gasteiger partial charge in [-0.2, -0.15) is 0 Å². The van der Waals surface area contributed by atoms with E-state index in [4.69, 9.17) is 20.9 Å². The zero-order chi connectivity index (χ0) is 38.5. The number of benzene rings is 2. The molecule has 14 heteroatoms. The van der Waals surface area contributed by atoms with E-state index in [0.717, 1.165) is 41.5 Å². The van der Waals surface area contributed by atoms with Crippen LogP contribution in [0.5, 0.6) is 0 Å². The van der Waals surface area contributed by atoms with E-state index in [1.165, 1.54) is 9.80 Å². The number of urea groups is 2. The first-order chi connectivity index (χ1) is 26.3. The summed E-state index contributed by atoms with van der Waals surface area (Å²) in [6, 6.07) is 15.0. The molecule has 2 heterocycles. The van der Waals surface area contributed by atoms with Crippen LogP contribution in [0.25, 0.3) is 0 Å². The Morgan fingerprint density at radius 3 is 1.37 bits per heavy atom. The fraction of sp³-hybridized carbons (Fsp3) is 0.500. The van der Waals surface area contributed by atoms with Crippen molar-refractivity contribution in [2.45, 2.75) is 77.9 Å². The van der Waals surface area contributed by atoms with Crippen LogP contribution in [0, 0.1) is 23.7 Å². The first kappa shape index (κ1) is 41.3. The Balaban J connectivity index is 1.24. The van der Waals surface area contributed by atoms with E-state index in [-0.39, 0.29) is 44.7 Å². The zero-order valence-electron chi connectivity index (χ0n) is 31.3. The number of nitrogens with two attached hydrogens (primary N) is 2. The smallest absolute Gasteiger partial charge is 0.409 e. The molecule has 0 spiro atoms. The maximum atomic E-state index is 13.2. The number of hydrogen-bond donors (Lipinski definition) is 4. The molecule has 4 rings (SSSR count). The number of ether oxygens (including phenoxy) is 2. The number of hydrogen-bond acceptors (Lipinski definition) is 8. The third-order valence-corrected chi connectivity index (χ3v) is 9.16. The number of nitrogens with zero attached hydrogens (tertiary/aromatic N) is 4. The number of piperazine rings is 2. The molecule has 0 unspecified atom stereocenters. The molecular weight excluding hydrogens is 688 g/mol. The molecule has 0 aromatic heterocycles. The second kappa shape index (κ2) is 22.6. The van der Waals surface area contributed by atoms with Crippen molar-refractivity contribution in [3.8, 4) is 23.7 Å². The highest BCUT2D eigenvalue weighted by atomic mass is 16.7. The first-order valence-corrected chi connectivity index (χ1v) is 18.8. The first-order valence-electron chi connectivity index (χ1n) is 18.8. The molecule has 2 aromatic carbocycles. The topological polar surface area (TPSA) is 176 Å². The van der Waals surface area contributed by atoms with Gasteiger partial charge in [0.1, 0.15) is 0 Å². The highest BCUT2D eigenvalue weighted by molar-refractivity contribution is 5.76. The summed E-state index contributed by atoms with van der Waals surface area (Å²) >= 11 is 0. The summed E-state index contributed by atoms with van der Waals surface area (Å²) in [7, 11) is 0. The monoisotopic (exact) mass is 742 g/mol. The van der Waals surface area contributed by atoms with Crippen molar-refractivity contribution in [3.05, 3.63) is 70.8 Å². The number of nitrogens with one attached hydrogen (secondary N) is 2. The molecule has 2 aliphatic rings. The van der Waals surface area contributed by atoms with Crippen LogP contribution in [0.2, 0.25) is 0 Å². The van der Waals surface area contributed by atoms with Gasteiger partial charge in [0.2, 0.25) is 0 Å². The summed E-state index contributed by atoms with van der Waals surface area (Å²) < 4.78 is 11.4. The minimum Gasteiger partial charge on any atom is -0.409 e. The highest BCUT2D eigenvalue weighted by Gasteiger charge is 2.30. The van der Waals surface area contributed by atoms with Gasteiger partial charge < -0.3 is 51.2 Å². The van der Waals surface area contributed by atoms with Gasteiger partial charge in [0.05, 0.1) is 0 Å². The van der Waals surface area contributed by atoms with Crippen LogP contribution in [-0.2, 0) is 35.7 Å². The SMILES string of the molecule is CCCCC#CC#CCCCC(OC(=O)N1CCN(C(=O)NCc2ccc(CN)cc2)CC1)OC(=O)N1CCN(C(=O)NCc2ccc(CN)cc2)CC1. The number of carbonyl (C=O) groups is 4. The molecular formula is C40H54N8O6. The molecule has 0 saturated carbocycles. The van der Waals surface area contributed by atoms with E-state index in [9.17, 15) is 19.2 Å². The van der Waals surface area contributed by atoms with Crippen LogP contribution in [0.15, 0.2) is 48.5 Å². The maximum absolute atomic E-state index is 13.2. The molecule has 290 valence electrons. The fourth-order valence-electron chi connectivity index (χ4n) is 5.70. The lowest BCUT2D eigenvalue weighted by atomic mass is 10.1. The quantitative estimate of drug-likeness (QED) is 0.136. The Morgan fingerprint density at radius 2 is 0.981 bits per heavy atom. The average Bonchev–Trinajstić information content (AvgIpc) is 3.21. The van der Waals surface area contributed by atoms with Gasteiger partial charge >= 0.3 is 24.2 Å². The minimum absolute atomic E-state index is 0.218. The van der Waals surface area contributed by atoms with Crippen molar-refractivity contribution in [3.63, 3.8) is 0 Å². The summed E-state index contributed by atoms with van der Waals surface area (Å²) in [6.07, 6.45) is 1.79. The van der Waals surface area contributed by atoms with Crippen molar-refractivity contribution >= 4 is 24.2 Å². The Labute approximate surface area is 318 Å². The molecule has 2 saturated heterocycles. The van der Waals surface area contributed by atoms with Gasteiger partial charge in [-0.3, -0.25) is 0 Å². The molecule has 2 aromatic rings. The maximum Gasteiger partial charge on any atom is 0.412 e. The fourth-order valence-corrected chi connectivity index (χ4v) is 5.70. The van der Waals surface area contributed by atoms with Gasteiger partial charge in [-0.25, -0.2) is 19.2 Å². The minimum atomic E-state index is -1.14. The number of amides is 6. The standard InChI is InChI=1S/C40H54N8O6/c1-2-3-4-5-6-7-8-9-10-11-36(53-39(51)47-24-20-45(21-25-47)37(49)43-30-34-16-12-32(28-41)13-17-34)54-40(52)48-26-22-46(23-27-48)38(50)44-31-35-18-14-33(29-42)15-19-35/h12-19,36H,2-4,9-11,20-31,41-42H2,1H3,(H,43,49)(H,44,50). The van der Waals surface area contributed by atoms with Gasteiger partial charge in [0.15, 0.2) is 0 Å². The second-order valence-corrected chi connectivity index (χ2v) is 13.1. The summed E-state index contributed by atoms with van der Waals surface area (Å²) in [5.41, 5.74) is 15.3. The number of rotatable bonds is 13. The van der Waals surface area contributed by atoms with Gasteiger partial charge in [0.25, 0.3) is 6.29 Å². The van der Waals surface area contributed by atoms with Gasteiger partial charge in [0, 0.05) is 97.8 Å². The zero-order valence-corrected chi connectivity index (χ0v) is 31.3. The lowest BCUT2D eigenvalue weighted by molar-refractivity contribution is -0.0882. The Bertz CT molecular complexity index is 1530. The van der Waals surface area contributed by atoms with E-state index >= 15 is 0 Å². The average molecular weight is 743 g/mol. The molecule has 6 amide bonds. The van der Waals surface area contributed by atoms with Crippen LogP contribution in [0.3, 0.4) is 0 Å². The predicted molar refractivity (Wildman–Crippen MR) is 205 cm³/mol. The van der Waals surface area contributed by atoms with Crippen LogP contribution >= 0.6 is 0 Å². The summed E-state index contributed by atoms with van der Waals surface area (Å²) in [6.45, 7) is 6.14. The number of unbranched alkanes of at least 4 members (excludes halogenated alkanes) is 3. The van der Waals surface area contributed by atoms with Gasteiger partial charge in [-0.05, 0) is 46.9 Å². The molecule has 6 N–H and O–H groups in total. The van der Waals surface area contributed by atoms with Crippen molar-refractivity contribution in [1.82, 2.24) is 30.2 Å². The van der Waals surface area contributed by atoms with E-state index in [1.54, 1.807) is 9.80 Å². The largest absolute Gasteiger partial charge is 0.412 e. The molecule has 2 aliphatic heterocycles. The van der Waals surface area contributed by atoms with E-state index < -0.39 is 18.5 Å².